The van der Waals surface area contributed by atoms with Gasteiger partial charge in [0.1, 0.15) is 5.75 Å². The van der Waals surface area contributed by atoms with Gasteiger partial charge < -0.3 is 15.0 Å². The highest BCUT2D eigenvalue weighted by molar-refractivity contribution is 5.48. The Bertz CT molecular complexity index is 590. The van der Waals surface area contributed by atoms with Gasteiger partial charge in [-0.05, 0) is 31.2 Å². The van der Waals surface area contributed by atoms with Crippen LogP contribution in [-0.4, -0.2) is 11.2 Å². The molecular formula is C14H16N2O2. The third-order valence-corrected chi connectivity index (χ3v) is 2.62. The van der Waals surface area contributed by atoms with E-state index in [1.54, 1.807) is 22.9 Å². The molecule has 94 valence electrons. The molecule has 0 aliphatic rings. The molecule has 0 spiro atoms. The molecule has 2 rings (SSSR count). The predicted molar refractivity (Wildman–Crippen MR) is 71.8 cm³/mol. The summed E-state index contributed by atoms with van der Waals surface area (Å²) in [6.45, 7) is 2.97. The molecule has 1 heterocycles. The van der Waals surface area contributed by atoms with E-state index in [4.69, 9.17) is 10.5 Å². The molecule has 0 unspecified atom stereocenters. The van der Waals surface area contributed by atoms with E-state index < -0.39 is 0 Å². The summed E-state index contributed by atoms with van der Waals surface area (Å²) in [6, 6.07) is 10.6. The topological polar surface area (TPSA) is 57.2 Å². The number of rotatable bonds is 4. The van der Waals surface area contributed by atoms with Crippen LogP contribution in [0, 0.1) is 0 Å². The number of anilines is 1. The second kappa shape index (κ2) is 5.40. The second-order valence-corrected chi connectivity index (χ2v) is 3.97. The molecule has 18 heavy (non-hydrogen) atoms. The smallest absolute Gasteiger partial charge is 0.250 e. The Morgan fingerprint density at radius 2 is 2.11 bits per heavy atom. The summed E-state index contributed by atoms with van der Waals surface area (Å²) >= 11 is 0. The number of ether oxygens (including phenoxy) is 1. The van der Waals surface area contributed by atoms with Gasteiger partial charge in [-0.15, -0.1) is 0 Å². The van der Waals surface area contributed by atoms with Crippen molar-refractivity contribution in [3.8, 4) is 5.75 Å². The first-order valence-electron chi connectivity index (χ1n) is 5.87. The second-order valence-electron chi connectivity index (χ2n) is 3.97. The van der Waals surface area contributed by atoms with E-state index >= 15 is 0 Å². The number of hydrogen-bond donors (Lipinski definition) is 1. The number of nitrogens with two attached hydrogens (primary N) is 1. The minimum Gasteiger partial charge on any atom is -0.494 e. The fourth-order valence-electron chi connectivity index (χ4n) is 1.79. The maximum atomic E-state index is 11.7. The fourth-order valence-corrected chi connectivity index (χ4v) is 1.79. The summed E-state index contributed by atoms with van der Waals surface area (Å²) in [5, 5.41) is 0. The van der Waals surface area contributed by atoms with Crippen molar-refractivity contribution < 1.29 is 4.74 Å². The molecule has 0 aliphatic carbocycles. The Labute approximate surface area is 106 Å². The van der Waals surface area contributed by atoms with Crippen molar-refractivity contribution in [2.75, 3.05) is 12.3 Å². The summed E-state index contributed by atoms with van der Waals surface area (Å²) in [5.74, 6) is 0.766. The minimum absolute atomic E-state index is 0.0395. The molecule has 0 atom stereocenters. The van der Waals surface area contributed by atoms with Crippen molar-refractivity contribution >= 4 is 5.69 Å². The molecule has 0 radical (unpaired) electrons. The van der Waals surface area contributed by atoms with E-state index in [1.807, 2.05) is 25.1 Å². The third-order valence-electron chi connectivity index (χ3n) is 2.62. The van der Waals surface area contributed by atoms with Crippen LogP contribution in [0.1, 0.15) is 12.5 Å². The average molecular weight is 244 g/mol. The van der Waals surface area contributed by atoms with E-state index in [2.05, 4.69) is 0 Å². The fraction of sp³-hybridized carbons (Fsp3) is 0.214. The minimum atomic E-state index is -0.0395. The van der Waals surface area contributed by atoms with Crippen LogP contribution >= 0.6 is 0 Å². The molecule has 0 fully saturated rings. The van der Waals surface area contributed by atoms with Crippen molar-refractivity contribution in [1.29, 1.82) is 0 Å². The van der Waals surface area contributed by atoms with Gasteiger partial charge in [0.25, 0.3) is 5.56 Å². The van der Waals surface area contributed by atoms with Crippen molar-refractivity contribution in [2.45, 2.75) is 13.5 Å². The van der Waals surface area contributed by atoms with Gasteiger partial charge in [-0.3, -0.25) is 4.79 Å². The number of nitrogen functional groups attached to an aromatic ring is 1. The Hall–Kier alpha value is -2.23. The molecule has 0 saturated heterocycles. The van der Waals surface area contributed by atoms with Crippen LogP contribution in [0.4, 0.5) is 5.69 Å². The molecule has 0 amide bonds. The van der Waals surface area contributed by atoms with Crippen LogP contribution in [0.5, 0.6) is 5.75 Å². The quantitative estimate of drug-likeness (QED) is 0.835. The van der Waals surface area contributed by atoms with Crippen molar-refractivity contribution in [3.05, 3.63) is 58.5 Å². The normalized spacial score (nSPS) is 10.3. The van der Waals surface area contributed by atoms with Gasteiger partial charge in [0, 0.05) is 23.5 Å². The average Bonchev–Trinajstić information content (AvgIpc) is 2.36. The van der Waals surface area contributed by atoms with Gasteiger partial charge in [0.2, 0.25) is 0 Å². The van der Waals surface area contributed by atoms with Gasteiger partial charge in [-0.1, -0.05) is 6.07 Å². The maximum absolute atomic E-state index is 11.7. The number of aromatic nitrogens is 1. The highest BCUT2D eigenvalue weighted by atomic mass is 16.5. The van der Waals surface area contributed by atoms with Crippen LogP contribution in [0.2, 0.25) is 0 Å². The Morgan fingerprint density at radius 3 is 2.83 bits per heavy atom. The molecule has 2 N–H and O–H groups in total. The summed E-state index contributed by atoms with van der Waals surface area (Å²) < 4.78 is 7.16. The van der Waals surface area contributed by atoms with E-state index in [-0.39, 0.29) is 5.56 Å². The van der Waals surface area contributed by atoms with E-state index in [1.165, 1.54) is 6.07 Å². The molecule has 0 bridgehead atoms. The molecule has 2 aromatic rings. The molecule has 0 aliphatic heterocycles. The number of pyridine rings is 1. The standard InChI is InChI=1S/C14H16N2O2/c1-2-18-13-7-6-12(15)9-11(13)10-16-8-4-3-5-14(16)17/h3-9H,2,10,15H2,1H3. The highest BCUT2D eigenvalue weighted by Crippen LogP contribution is 2.22. The first-order chi connectivity index (χ1) is 8.70. The zero-order valence-electron chi connectivity index (χ0n) is 10.3. The van der Waals surface area contributed by atoms with Crippen LogP contribution in [0.25, 0.3) is 0 Å². The molecular weight excluding hydrogens is 228 g/mol. The van der Waals surface area contributed by atoms with Crippen LogP contribution in [-0.2, 0) is 6.54 Å². The largest absolute Gasteiger partial charge is 0.494 e. The van der Waals surface area contributed by atoms with Gasteiger partial charge in [-0.25, -0.2) is 0 Å². The first kappa shape index (κ1) is 12.2. The molecule has 4 heteroatoms. The zero-order valence-corrected chi connectivity index (χ0v) is 10.3. The third kappa shape index (κ3) is 2.71. The summed E-state index contributed by atoms with van der Waals surface area (Å²) in [6.07, 6.45) is 1.75. The van der Waals surface area contributed by atoms with Crippen molar-refractivity contribution in [3.63, 3.8) is 0 Å². The van der Waals surface area contributed by atoms with E-state index in [0.29, 0.717) is 18.8 Å². The predicted octanol–water partition coefficient (Wildman–Crippen LogP) is 1.88. The van der Waals surface area contributed by atoms with E-state index in [0.717, 1.165) is 11.3 Å². The zero-order chi connectivity index (χ0) is 13.0. The number of hydrogen-bond acceptors (Lipinski definition) is 3. The molecule has 1 aromatic carbocycles. The summed E-state index contributed by atoms with van der Waals surface area (Å²) in [5.41, 5.74) is 7.30. The summed E-state index contributed by atoms with van der Waals surface area (Å²) in [7, 11) is 0. The van der Waals surface area contributed by atoms with Crippen molar-refractivity contribution in [2.24, 2.45) is 0 Å². The highest BCUT2D eigenvalue weighted by Gasteiger charge is 2.05. The lowest BCUT2D eigenvalue weighted by Crippen LogP contribution is -2.18. The number of benzene rings is 1. The lowest BCUT2D eigenvalue weighted by molar-refractivity contribution is 0.335. The lowest BCUT2D eigenvalue weighted by atomic mass is 10.1. The number of nitrogens with zero attached hydrogens (tertiary/aromatic N) is 1. The van der Waals surface area contributed by atoms with E-state index in [9.17, 15) is 4.79 Å². The Balaban J connectivity index is 2.36. The molecule has 1 aromatic heterocycles. The van der Waals surface area contributed by atoms with Crippen LogP contribution in [0.15, 0.2) is 47.4 Å². The van der Waals surface area contributed by atoms with Gasteiger partial charge >= 0.3 is 0 Å². The molecule has 4 nitrogen and oxygen atoms in total. The Kier molecular flexibility index (Phi) is 3.67. The van der Waals surface area contributed by atoms with Crippen LogP contribution in [0.3, 0.4) is 0 Å². The Morgan fingerprint density at radius 1 is 1.28 bits per heavy atom. The van der Waals surface area contributed by atoms with Gasteiger partial charge in [0.15, 0.2) is 0 Å². The molecule has 0 saturated carbocycles. The van der Waals surface area contributed by atoms with Gasteiger partial charge in [-0.2, -0.15) is 0 Å². The SMILES string of the molecule is CCOc1ccc(N)cc1Cn1ccccc1=O. The lowest BCUT2D eigenvalue weighted by Gasteiger charge is -2.12. The van der Waals surface area contributed by atoms with Gasteiger partial charge in [0.05, 0.1) is 13.2 Å². The monoisotopic (exact) mass is 244 g/mol. The van der Waals surface area contributed by atoms with Crippen molar-refractivity contribution in [1.82, 2.24) is 4.57 Å². The van der Waals surface area contributed by atoms with Crippen LogP contribution < -0.4 is 16.0 Å². The first-order valence-corrected chi connectivity index (χ1v) is 5.87. The maximum Gasteiger partial charge on any atom is 0.250 e. The summed E-state index contributed by atoms with van der Waals surface area (Å²) in [4.78, 5) is 11.7.